The number of pyridine rings is 1. The lowest BCUT2D eigenvalue weighted by atomic mass is 9.97. The van der Waals surface area contributed by atoms with Gasteiger partial charge in [-0.05, 0) is 43.7 Å². The first-order valence-corrected chi connectivity index (χ1v) is 12.3. The molecule has 8 nitrogen and oxygen atoms in total. The minimum atomic E-state index is -0.862. The number of nitrogens with zero attached hydrogens (tertiary/aromatic N) is 5. The van der Waals surface area contributed by atoms with Crippen LogP contribution in [-0.4, -0.2) is 48.5 Å². The highest BCUT2D eigenvalue weighted by molar-refractivity contribution is 6.42. The molecule has 36 heavy (non-hydrogen) atoms. The fraction of sp³-hybridized carbons (Fsp3) is 0.360. The molecule has 5 rings (SSSR count). The Kier molecular flexibility index (Phi) is 6.16. The lowest BCUT2D eigenvalue weighted by Gasteiger charge is -2.35. The molecular formula is C25H24Cl2FN5O3. The average molecular weight is 532 g/mol. The molecular weight excluding hydrogens is 508 g/mol. The van der Waals surface area contributed by atoms with E-state index >= 15 is 0 Å². The van der Waals surface area contributed by atoms with Crippen molar-refractivity contribution in [2.75, 3.05) is 6.54 Å². The zero-order valence-corrected chi connectivity index (χ0v) is 21.5. The molecule has 1 aromatic carbocycles. The molecule has 0 spiro atoms. The smallest absolute Gasteiger partial charge is 0.286 e. The van der Waals surface area contributed by atoms with Gasteiger partial charge in [-0.25, -0.2) is 4.39 Å². The number of rotatable bonds is 3. The first-order valence-electron chi connectivity index (χ1n) is 11.6. The molecule has 188 valence electrons. The molecule has 2 atom stereocenters. The molecule has 0 saturated heterocycles. The van der Waals surface area contributed by atoms with Gasteiger partial charge in [-0.3, -0.25) is 19.1 Å². The summed E-state index contributed by atoms with van der Waals surface area (Å²) in [6.07, 6.45) is 2.06. The van der Waals surface area contributed by atoms with Crippen molar-refractivity contribution in [1.29, 1.82) is 0 Å². The number of carbonyl (C=O) groups excluding carboxylic acids is 2. The van der Waals surface area contributed by atoms with Gasteiger partial charge in [0, 0.05) is 43.4 Å². The average Bonchev–Trinajstić information content (AvgIpc) is 3.20. The quantitative estimate of drug-likeness (QED) is 0.514. The lowest BCUT2D eigenvalue weighted by molar-refractivity contribution is 0.0604. The molecule has 2 aliphatic heterocycles. The Bertz CT molecular complexity index is 1440. The monoisotopic (exact) mass is 531 g/mol. The van der Waals surface area contributed by atoms with Gasteiger partial charge in [0.15, 0.2) is 5.82 Å². The van der Waals surface area contributed by atoms with Gasteiger partial charge in [-0.15, -0.1) is 0 Å². The highest BCUT2D eigenvalue weighted by atomic mass is 35.5. The molecule has 2 aromatic heterocycles. The third-order valence-electron chi connectivity index (χ3n) is 7.04. The molecule has 0 bridgehead atoms. The molecule has 1 unspecified atom stereocenters. The van der Waals surface area contributed by atoms with Crippen molar-refractivity contribution in [3.63, 3.8) is 0 Å². The number of benzene rings is 1. The fourth-order valence-corrected chi connectivity index (χ4v) is 5.28. The lowest BCUT2D eigenvalue weighted by Crippen LogP contribution is -2.45. The van der Waals surface area contributed by atoms with Crippen LogP contribution in [0.15, 0.2) is 35.3 Å². The Labute approximate surface area is 216 Å². The van der Waals surface area contributed by atoms with Crippen LogP contribution in [0.5, 0.6) is 0 Å². The largest absolute Gasteiger partial charge is 0.331 e. The van der Waals surface area contributed by atoms with E-state index in [4.69, 9.17) is 23.2 Å². The summed E-state index contributed by atoms with van der Waals surface area (Å²) in [5.74, 6) is -1.31. The number of halogens is 3. The van der Waals surface area contributed by atoms with E-state index in [1.807, 2.05) is 6.92 Å². The van der Waals surface area contributed by atoms with Gasteiger partial charge in [-0.2, -0.15) is 5.10 Å². The summed E-state index contributed by atoms with van der Waals surface area (Å²) in [5.41, 5.74) is 2.17. The predicted molar refractivity (Wildman–Crippen MR) is 133 cm³/mol. The number of aryl methyl sites for hydroxylation is 1. The van der Waals surface area contributed by atoms with Crippen molar-refractivity contribution in [3.8, 4) is 0 Å². The van der Waals surface area contributed by atoms with Gasteiger partial charge < -0.3 is 14.4 Å². The Morgan fingerprint density at radius 3 is 2.61 bits per heavy atom. The summed E-state index contributed by atoms with van der Waals surface area (Å²) in [5, 5.41) is 5.34. The molecule has 3 aromatic rings. The first-order chi connectivity index (χ1) is 17.1. The zero-order valence-electron chi connectivity index (χ0n) is 20.0. The van der Waals surface area contributed by atoms with Gasteiger partial charge in [0.1, 0.15) is 5.69 Å². The van der Waals surface area contributed by atoms with Crippen LogP contribution >= 0.6 is 23.2 Å². The van der Waals surface area contributed by atoms with Gasteiger partial charge in [0.05, 0.1) is 34.9 Å². The second-order valence-electron chi connectivity index (χ2n) is 9.32. The van der Waals surface area contributed by atoms with Crippen molar-refractivity contribution in [2.45, 2.75) is 45.4 Å². The van der Waals surface area contributed by atoms with Gasteiger partial charge in [-0.1, -0.05) is 23.2 Å². The van der Waals surface area contributed by atoms with Gasteiger partial charge in [0.2, 0.25) is 0 Å². The standard InChI is InChI=1S/C25H24Cl2FN5O3/c1-13-8-21-17(12-32(13)23(34)15-4-5-18(26)19(27)9-15)22-25(36)31(6-7-33(22)29-21)14(2)16-10-20(28)24(35)30(3)11-16/h4-5,9-11,13-14H,6-8,12H2,1-3H3/t13-,14?/m1/s1. The Morgan fingerprint density at radius 1 is 1.17 bits per heavy atom. The maximum Gasteiger partial charge on any atom is 0.286 e. The minimum Gasteiger partial charge on any atom is -0.331 e. The fourth-order valence-electron chi connectivity index (χ4n) is 4.98. The predicted octanol–water partition coefficient (Wildman–Crippen LogP) is 3.83. The number of amides is 2. The van der Waals surface area contributed by atoms with Crippen LogP contribution in [0.4, 0.5) is 4.39 Å². The maximum absolute atomic E-state index is 14.1. The number of hydrogen-bond donors (Lipinski definition) is 0. The Hall–Kier alpha value is -3.17. The summed E-state index contributed by atoms with van der Waals surface area (Å²) in [6.45, 7) is 4.84. The normalized spacial score (nSPS) is 18.2. The van der Waals surface area contributed by atoms with Crippen LogP contribution < -0.4 is 5.56 Å². The number of carbonyl (C=O) groups is 2. The summed E-state index contributed by atoms with van der Waals surface area (Å²) in [4.78, 5) is 42.2. The molecule has 0 fully saturated rings. The van der Waals surface area contributed by atoms with Crippen molar-refractivity contribution >= 4 is 35.0 Å². The van der Waals surface area contributed by atoms with Crippen LogP contribution in [0, 0.1) is 5.82 Å². The van der Waals surface area contributed by atoms with E-state index in [0.717, 1.165) is 11.3 Å². The minimum absolute atomic E-state index is 0.130. The van der Waals surface area contributed by atoms with E-state index in [1.165, 1.54) is 17.7 Å². The molecule has 0 aliphatic carbocycles. The molecule has 11 heteroatoms. The first kappa shape index (κ1) is 24.5. The molecule has 2 amide bonds. The van der Waals surface area contributed by atoms with E-state index < -0.39 is 17.4 Å². The van der Waals surface area contributed by atoms with E-state index in [-0.39, 0.29) is 24.4 Å². The van der Waals surface area contributed by atoms with Crippen LogP contribution in [0.1, 0.15) is 57.6 Å². The zero-order chi connectivity index (χ0) is 25.9. The molecule has 0 radical (unpaired) electrons. The summed E-state index contributed by atoms with van der Waals surface area (Å²) in [7, 11) is 1.48. The number of aromatic nitrogens is 3. The highest BCUT2D eigenvalue weighted by Gasteiger charge is 2.38. The van der Waals surface area contributed by atoms with Crippen LogP contribution in [0.2, 0.25) is 10.0 Å². The van der Waals surface area contributed by atoms with Crippen LogP contribution in [0.25, 0.3) is 0 Å². The third kappa shape index (κ3) is 4.00. The van der Waals surface area contributed by atoms with Crippen molar-refractivity contribution in [1.82, 2.24) is 24.1 Å². The number of fused-ring (bicyclic) bond motifs is 3. The van der Waals surface area contributed by atoms with Crippen LogP contribution in [0.3, 0.4) is 0 Å². The van der Waals surface area contributed by atoms with Crippen LogP contribution in [-0.2, 0) is 26.6 Å². The topological polar surface area (TPSA) is 80.4 Å². The maximum atomic E-state index is 14.1. The number of hydrogen-bond acceptors (Lipinski definition) is 4. The molecule has 2 aliphatic rings. The van der Waals surface area contributed by atoms with E-state index in [1.54, 1.807) is 45.8 Å². The van der Waals surface area contributed by atoms with E-state index in [9.17, 15) is 18.8 Å². The summed E-state index contributed by atoms with van der Waals surface area (Å²) in [6, 6.07) is 5.35. The molecule has 0 saturated carbocycles. The van der Waals surface area contributed by atoms with Crippen molar-refractivity contribution < 1.29 is 14.0 Å². The van der Waals surface area contributed by atoms with Gasteiger partial charge in [0.25, 0.3) is 17.4 Å². The van der Waals surface area contributed by atoms with E-state index in [0.29, 0.717) is 46.4 Å². The SMILES string of the molecule is CC(c1cc(F)c(=O)n(C)c1)N1CCn2nc3c(c2C1=O)CN(C(=O)c1ccc(Cl)c(Cl)c1)[C@H](C)C3. The highest BCUT2D eigenvalue weighted by Crippen LogP contribution is 2.33. The van der Waals surface area contributed by atoms with Crippen molar-refractivity contribution in [3.05, 3.63) is 84.8 Å². The summed E-state index contributed by atoms with van der Waals surface area (Å²) >= 11 is 12.1. The summed E-state index contributed by atoms with van der Waals surface area (Å²) < 4.78 is 17.0. The third-order valence-corrected chi connectivity index (χ3v) is 7.78. The Morgan fingerprint density at radius 2 is 1.92 bits per heavy atom. The van der Waals surface area contributed by atoms with E-state index in [2.05, 4.69) is 5.10 Å². The second-order valence-corrected chi connectivity index (χ2v) is 10.1. The van der Waals surface area contributed by atoms with Crippen molar-refractivity contribution in [2.24, 2.45) is 7.05 Å². The second kappa shape index (κ2) is 9.05. The Balaban J connectivity index is 1.46. The molecule has 0 N–H and O–H groups in total. The van der Waals surface area contributed by atoms with Gasteiger partial charge >= 0.3 is 0 Å². The molecule has 4 heterocycles.